The van der Waals surface area contributed by atoms with Gasteiger partial charge in [0, 0.05) is 12.6 Å². The Hall–Kier alpha value is -4.74. The van der Waals surface area contributed by atoms with Crippen LogP contribution in [0.15, 0.2) is 114 Å². The summed E-state index contributed by atoms with van der Waals surface area (Å²) in [5, 5.41) is 9.94. The first-order chi connectivity index (χ1) is 18.4. The van der Waals surface area contributed by atoms with Crippen LogP contribution >= 0.6 is 0 Å². The second-order valence-corrected chi connectivity index (χ2v) is 10.7. The fourth-order valence-electron chi connectivity index (χ4n) is 4.42. The number of Topliss-reactive ketones (excluding diaryl/α,β-unsaturated/α-hetero) is 1. The highest BCUT2D eigenvalue weighted by molar-refractivity contribution is 7.92. The molecule has 8 heteroatoms. The Morgan fingerprint density at radius 1 is 0.921 bits per heavy atom. The van der Waals surface area contributed by atoms with Crippen molar-refractivity contribution < 1.29 is 13.2 Å². The Morgan fingerprint density at radius 2 is 1.58 bits per heavy atom. The van der Waals surface area contributed by atoms with E-state index in [-0.39, 0.29) is 17.0 Å². The van der Waals surface area contributed by atoms with Crippen LogP contribution in [-0.2, 0) is 23.6 Å². The normalized spacial score (nSPS) is 12.1. The van der Waals surface area contributed by atoms with Gasteiger partial charge in [0.15, 0.2) is 11.7 Å². The third-order valence-corrected chi connectivity index (χ3v) is 8.16. The van der Waals surface area contributed by atoms with Crippen LogP contribution in [0.25, 0.3) is 11.0 Å². The molecule has 0 N–H and O–H groups in total. The number of aromatic nitrogens is 2. The first-order valence-corrected chi connectivity index (χ1v) is 13.4. The molecule has 0 aliphatic carbocycles. The maximum absolute atomic E-state index is 13.9. The van der Waals surface area contributed by atoms with Gasteiger partial charge in [-0.1, -0.05) is 72.8 Å². The number of carbonyl (C=O) groups is 1. The molecule has 1 aromatic heterocycles. The molecule has 5 rings (SSSR count). The number of imidazole rings is 1. The predicted molar refractivity (Wildman–Crippen MR) is 146 cm³/mol. The molecule has 0 saturated heterocycles. The molecule has 7 nitrogen and oxygen atoms in total. The molecule has 0 spiro atoms. The fraction of sp³-hybridized carbons (Fsp3) is 0.100. The monoisotopic (exact) mass is 520 g/mol. The highest BCUT2D eigenvalue weighted by Gasteiger charge is 2.30. The molecule has 188 valence electrons. The quantitative estimate of drug-likeness (QED) is 0.253. The minimum absolute atomic E-state index is 0.0372. The van der Waals surface area contributed by atoms with Crippen molar-refractivity contribution in [1.82, 2.24) is 9.55 Å². The van der Waals surface area contributed by atoms with E-state index in [0.29, 0.717) is 17.0 Å². The number of ketones is 1. The van der Waals surface area contributed by atoms with Gasteiger partial charge in [-0.25, -0.2) is 13.4 Å². The molecule has 4 aromatic carbocycles. The number of anilines is 1. The summed E-state index contributed by atoms with van der Waals surface area (Å²) in [5.41, 5.74) is 2.92. The van der Waals surface area contributed by atoms with Crippen molar-refractivity contribution in [2.75, 3.05) is 4.31 Å². The van der Waals surface area contributed by atoms with E-state index in [9.17, 15) is 18.5 Å². The van der Waals surface area contributed by atoms with Crippen LogP contribution in [-0.4, -0.2) is 23.8 Å². The first-order valence-electron chi connectivity index (χ1n) is 12.0. The molecular formula is C30H24N4O3S. The number of benzene rings is 4. The number of nitriles is 1. The highest BCUT2D eigenvalue weighted by atomic mass is 32.2. The Labute approximate surface area is 221 Å². The number of hydrogen-bond donors (Lipinski definition) is 0. The third kappa shape index (κ3) is 4.67. The highest BCUT2D eigenvalue weighted by Crippen LogP contribution is 2.28. The first kappa shape index (κ1) is 24.9. The molecule has 0 aliphatic rings. The SMILES string of the molecule is Cn1c([C@H](C#N)C(=O)c2cccc(S(=O)(=O)N(Cc3ccccc3)c3ccccc3)c2)nc2ccccc21. The summed E-state index contributed by atoms with van der Waals surface area (Å²) in [6.45, 7) is 0.117. The summed E-state index contributed by atoms with van der Waals surface area (Å²) in [6.07, 6.45) is 0. The van der Waals surface area contributed by atoms with Gasteiger partial charge in [0.25, 0.3) is 10.0 Å². The Morgan fingerprint density at radius 3 is 2.26 bits per heavy atom. The topological polar surface area (TPSA) is 96.1 Å². The fourth-order valence-corrected chi connectivity index (χ4v) is 5.92. The minimum atomic E-state index is -4.06. The number of aryl methyl sites for hydroxylation is 1. The zero-order valence-electron chi connectivity index (χ0n) is 20.6. The summed E-state index contributed by atoms with van der Waals surface area (Å²) in [7, 11) is -2.30. The zero-order chi connectivity index (χ0) is 26.7. The average Bonchev–Trinajstić information content (AvgIpc) is 3.29. The standard InChI is InChI=1S/C30H24N4O3S/c1-33-28-18-9-8-17-27(28)32-30(33)26(20-31)29(35)23-13-10-16-25(19-23)38(36,37)34(24-14-6-3-7-15-24)21-22-11-4-2-5-12-22/h2-19,26H,21H2,1H3/t26-/m1/s1. The van der Waals surface area contributed by atoms with Gasteiger partial charge in [-0.15, -0.1) is 0 Å². The van der Waals surface area contributed by atoms with Crippen molar-refractivity contribution in [3.05, 3.63) is 126 Å². The minimum Gasteiger partial charge on any atom is -0.330 e. The van der Waals surface area contributed by atoms with Crippen molar-refractivity contribution in [1.29, 1.82) is 5.26 Å². The summed E-state index contributed by atoms with van der Waals surface area (Å²) in [6, 6.07) is 33.4. The number of carbonyl (C=O) groups excluding carboxylic acids is 1. The van der Waals surface area contributed by atoms with Crippen LogP contribution in [0.3, 0.4) is 0 Å². The summed E-state index contributed by atoms with van der Waals surface area (Å²) in [4.78, 5) is 18.0. The Balaban J connectivity index is 1.53. The molecule has 0 bridgehead atoms. The molecule has 0 amide bonds. The molecule has 0 radical (unpaired) electrons. The maximum atomic E-state index is 13.9. The van der Waals surface area contributed by atoms with E-state index in [1.165, 1.54) is 28.6 Å². The Kier molecular flexibility index (Phi) is 6.77. The van der Waals surface area contributed by atoms with Crippen LogP contribution in [0.5, 0.6) is 0 Å². The van der Waals surface area contributed by atoms with Gasteiger partial charge >= 0.3 is 0 Å². The Bertz CT molecular complexity index is 1760. The largest absolute Gasteiger partial charge is 0.330 e. The van der Waals surface area contributed by atoms with Gasteiger partial charge in [0.05, 0.1) is 34.2 Å². The number of nitrogens with zero attached hydrogens (tertiary/aromatic N) is 4. The molecule has 0 aliphatic heterocycles. The smallest absolute Gasteiger partial charge is 0.264 e. The van der Waals surface area contributed by atoms with E-state index in [0.717, 1.165) is 11.1 Å². The third-order valence-electron chi connectivity index (χ3n) is 6.39. The molecule has 38 heavy (non-hydrogen) atoms. The van der Waals surface area contributed by atoms with Crippen molar-refractivity contribution in [3.8, 4) is 6.07 Å². The van der Waals surface area contributed by atoms with Crippen LogP contribution in [0, 0.1) is 11.3 Å². The van der Waals surface area contributed by atoms with E-state index in [2.05, 4.69) is 11.1 Å². The van der Waals surface area contributed by atoms with Gasteiger partial charge in [-0.05, 0) is 42.0 Å². The van der Waals surface area contributed by atoms with Crippen LogP contribution in [0.4, 0.5) is 5.69 Å². The van der Waals surface area contributed by atoms with Crippen molar-refractivity contribution in [2.45, 2.75) is 17.4 Å². The summed E-state index contributed by atoms with van der Waals surface area (Å²) >= 11 is 0. The number of sulfonamides is 1. The molecule has 0 fully saturated rings. The number of rotatable bonds is 8. The van der Waals surface area contributed by atoms with Crippen molar-refractivity contribution >= 4 is 32.5 Å². The van der Waals surface area contributed by atoms with Crippen molar-refractivity contribution in [2.24, 2.45) is 7.05 Å². The van der Waals surface area contributed by atoms with Crippen LogP contribution in [0.1, 0.15) is 27.7 Å². The molecule has 0 saturated carbocycles. The van der Waals surface area contributed by atoms with E-state index in [1.54, 1.807) is 35.9 Å². The number of hydrogen-bond acceptors (Lipinski definition) is 5. The van der Waals surface area contributed by atoms with Gasteiger partial charge in [0.1, 0.15) is 5.82 Å². The van der Waals surface area contributed by atoms with Gasteiger partial charge < -0.3 is 4.57 Å². The average molecular weight is 521 g/mol. The molecule has 0 unspecified atom stereocenters. The summed E-state index contributed by atoms with van der Waals surface area (Å²) in [5.74, 6) is -1.40. The lowest BCUT2D eigenvalue weighted by Crippen LogP contribution is -2.30. The summed E-state index contributed by atoms with van der Waals surface area (Å²) < 4.78 is 30.9. The van der Waals surface area contributed by atoms with Gasteiger partial charge in [0.2, 0.25) is 0 Å². The second kappa shape index (κ2) is 10.3. The van der Waals surface area contributed by atoms with Crippen LogP contribution in [0.2, 0.25) is 0 Å². The number of fused-ring (bicyclic) bond motifs is 1. The maximum Gasteiger partial charge on any atom is 0.264 e. The van der Waals surface area contributed by atoms with Crippen LogP contribution < -0.4 is 4.31 Å². The van der Waals surface area contributed by atoms with E-state index in [4.69, 9.17) is 0 Å². The molecule has 1 heterocycles. The van der Waals surface area contributed by atoms with E-state index < -0.39 is 21.7 Å². The lowest BCUT2D eigenvalue weighted by Gasteiger charge is -2.25. The predicted octanol–water partition coefficient (Wildman–Crippen LogP) is 5.46. The lowest BCUT2D eigenvalue weighted by atomic mass is 9.98. The van der Waals surface area contributed by atoms with E-state index in [1.807, 2.05) is 60.7 Å². The zero-order valence-corrected chi connectivity index (χ0v) is 21.4. The second-order valence-electron chi connectivity index (χ2n) is 8.80. The van der Waals surface area contributed by atoms with Gasteiger partial charge in [-0.2, -0.15) is 5.26 Å². The van der Waals surface area contributed by atoms with Gasteiger partial charge in [-0.3, -0.25) is 9.10 Å². The van der Waals surface area contributed by atoms with Crippen molar-refractivity contribution in [3.63, 3.8) is 0 Å². The molecule has 5 aromatic rings. The molecular weight excluding hydrogens is 496 g/mol. The number of para-hydroxylation sites is 3. The van der Waals surface area contributed by atoms with E-state index >= 15 is 0 Å². The lowest BCUT2D eigenvalue weighted by molar-refractivity contribution is 0.0975. The molecule has 1 atom stereocenters.